The second kappa shape index (κ2) is 8.16. The molecule has 0 aliphatic carbocycles. The van der Waals surface area contributed by atoms with E-state index in [4.69, 9.17) is 11.6 Å². The van der Waals surface area contributed by atoms with E-state index in [1.54, 1.807) is 30.9 Å². The van der Waals surface area contributed by atoms with Crippen molar-refractivity contribution in [2.75, 3.05) is 5.32 Å². The summed E-state index contributed by atoms with van der Waals surface area (Å²) in [7, 11) is 0. The van der Waals surface area contributed by atoms with Gasteiger partial charge in [0.1, 0.15) is 0 Å². The second-order valence-electron chi connectivity index (χ2n) is 6.45. The predicted molar refractivity (Wildman–Crippen MR) is 113 cm³/mol. The first-order chi connectivity index (χ1) is 14.1. The molecule has 4 aromatic rings. The minimum atomic E-state index is -0.305. The summed E-state index contributed by atoms with van der Waals surface area (Å²) in [6, 6.07) is 17.6. The molecule has 2 aromatic carbocycles. The van der Waals surface area contributed by atoms with Crippen LogP contribution in [0.5, 0.6) is 0 Å². The molecule has 0 spiro atoms. The molecule has 2 aromatic heterocycles. The molecular weight excluding hydrogens is 388 g/mol. The lowest BCUT2D eigenvalue weighted by atomic mass is 10.2. The van der Waals surface area contributed by atoms with Crippen LogP contribution in [-0.4, -0.2) is 20.0 Å². The van der Waals surface area contributed by atoms with Crippen molar-refractivity contribution in [1.82, 2.24) is 14.1 Å². The molecule has 0 atom stereocenters. The topological polar surface area (TPSA) is 68.9 Å². The number of amides is 1. The molecule has 0 radical (unpaired) electrons. The number of carbonyl (C=O) groups is 1. The SMILES string of the molecule is O=C(Nc1cccc(-n2ccnc2)c1)c1ccc(=O)n(Cc2ccccc2Cl)c1. The van der Waals surface area contributed by atoms with Crippen LogP contribution in [0.3, 0.4) is 0 Å². The summed E-state index contributed by atoms with van der Waals surface area (Å²) < 4.78 is 3.32. The van der Waals surface area contributed by atoms with E-state index in [2.05, 4.69) is 10.3 Å². The van der Waals surface area contributed by atoms with Gasteiger partial charge in [-0.25, -0.2) is 4.98 Å². The molecule has 2 heterocycles. The third-order valence-corrected chi connectivity index (χ3v) is 4.82. The van der Waals surface area contributed by atoms with Gasteiger partial charge in [0.05, 0.1) is 18.4 Å². The Kier molecular flexibility index (Phi) is 5.27. The zero-order valence-electron chi connectivity index (χ0n) is 15.3. The number of nitrogens with one attached hydrogen (secondary N) is 1. The van der Waals surface area contributed by atoms with Crippen molar-refractivity contribution in [3.63, 3.8) is 0 Å². The van der Waals surface area contributed by atoms with Crippen LogP contribution in [-0.2, 0) is 6.54 Å². The Balaban J connectivity index is 1.56. The van der Waals surface area contributed by atoms with Gasteiger partial charge in [-0.05, 0) is 35.9 Å². The molecule has 144 valence electrons. The lowest BCUT2D eigenvalue weighted by Crippen LogP contribution is -2.22. The fraction of sp³-hybridized carbons (Fsp3) is 0.0455. The number of hydrogen-bond donors (Lipinski definition) is 1. The molecule has 6 nitrogen and oxygen atoms in total. The lowest BCUT2D eigenvalue weighted by molar-refractivity contribution is 0.102. The predicted octanol–water partition coefficient (Wildman–Crippen LogP) is 3.99. The molecular formula is C22H17ClN4O2. The summed E-state index contributed by atoms with van der Waals surface area (Å²) in [5.74, 6) is -0.305. The summed E-state index contributed by atoms with van der Waals surface area (Å²) in [5, 5.41) is 3.44. The molecule has 0 unspecified atom stereocenters. The van der Waals surface area contributed by atoms with Crippen LogP contribution in [0.2, 0.25) is 5.02 Å². The van der Waals surface area contributed by atoms with Gasteiger partial charge >= 0.3 is 0 Å². The van der Waals surface area contributed by atoms with Crippen molar-refractivity contribution >= 4 is 23.2 Å². The first-order valence-electron chi connectivity index (χ1n) is 8.94. The van der Waals surface area contributed by atoms with Crippen LogP contribution < -0.4 is 10.9 Å². The highest BCUT2D eigenvalue weighted by atomic mass is 35.5. The molecule has 29 heavy (non-hydrogen) atoms. The number of nitrogens with zero attached hydrogens (tertiary/aromatic N) is 3. The van der Waals surface area contributed by atoms with Gasteiger partial charge in [0.2, 0.25) is 0 Å². The first kappa shape index (κ1) is 18.7. The smallest absolute Gasteiger partial charge is 0.257 e. The number of aromatic nitrogens is 3. The van der Waals surface area contributed by atoms with E-state index >= 15 is 0 Å². The molecule has 1 amide bonds. The average Bonchev–Trinajstić information content (AvgIpc) is 3.26. The highest BCUT2D eigenvalue weighted by Gasteiger charge is 2.10. The number of pyridine rings is 1. The van der Waals surface area contributed by atoms with E-state index in [0.29, 0.717) is 16.3 Å². The maximum Gasteiger partial charge on any atom is 0.257 e. The quantitative estimate of drug-likeness (QED) is 0.547. The number of hydrogen-bond acceptors (Lipinski definition) is 3. The summed E-state index contributed by atoms with van der Waals surface area (Å²) in [6.07, 6.45) is 6.74. The fourth-order valence-electron chi connectivity index (χ4n) is 2.96. The summed E-state index contributed by atoms with van der Waals surface area (Å²) in [6.45, 7) is 0.287. The molecule has 0 saturated carbocycles. The Hall–Kier alpha value is -3.64. The second-order valence-corrected chi connectivity index (χ2v) is 6.86. The fourth-order valence-corrected chi connectivity index (χ4v) is 3.15. The van der Waals surface area contributed by atoms with Crippen LogP contribution in [0.1, 0.15) is 15.9 Å². The minimum Gasteiger partial charge on any atom is -0.322 e. The molecule has 0 saturated heterocycles. The molecule has 0 fully saturated rings. The molecule has 7 heteroatoms. The van der Waals surface area contributed by atoms with E-state index < -0.39 is 0 Å². The Morgan fingerprint density at radius 3 is 2.72 bits per heavy atom. The molecule has 0 bridgehead atoms. The van der Waals surface area contributed by atoms with Crippen molar-refractivity contribution in [1.29, 1.82) is 0 Å². The largest absolute Gasteiger partial charge is 0.322 e. The van der Waals surface area contributed by atoms with Crippen LogP contribution in [0.25, 0.3) is 5.69 Å². The Morgan fingerprint density at radius 1 is 1.07 bits per heavy atom. The van der Waals surface area contributed by atoms with Gasteiger partial charge in [0.25, 0.3) is 11.5 Å². The minimum absolute atomic E-state index is 0.205. The molecule has 1 N–H and O–H groups in total. The van der Waals surface area contributed by atoms with Gasteiger partial charge in [-0.2, -0.15) is 0 Å². The van der Waals surface area contributed by atoms with Crippen molar-refractivity contribution < 1.29 is 4.79 Å². The monoisotopic (exact) mass is 404 g/mol. The third kappa shape index (κ3) is 4.28. The number of imidazole rings is 1. The number of carbonyl (C=O) groups excluding carboxylic acids is 1. The van der Waals surface area contributed by atoms with E-state index in [1.807, 2.05) is 47.2 Å². The molecule has 4 rings (SSSR count). The number of benzene rings is 2. The van der Waals surface area contributed by atoms with Gasteiger partial charge < -0.3 is 14.5 Å². The van der Waals surface area contributed by atoms with E-state index in [1.165, 1.54) is 16.7 Å². The average molecular weight is 405 g/mol. The first-order valence-corrected chi connectivity index (χ1v) is 9.31. The molecule has 0 aliphatic heterocycles. The normalized spacial score (nSPS) is 10.7. The van der Waals surface area contributed by atoms with Crippen LogP contribution in [0.4, 0.5) is 5.69 Å². The van der Waals surface area contributed by atoms with Crippen molar-refractivity contribution in [3.8, 4) is 5.69 Å². The summed E-state index contributed by atoms with van der Waals surface area (Å²) in [4.78, 5) is 29.0. The maximum atomic E-state index is 12.7. The van der Waals surface area contributed by atoms with Crippen molar-refractivity contribution in [2.24, 2.45) is 0 Å². The van der Waals surface area contributed by atoms with Crippen molar-refractivity contribution in [2.45, 2.75) is 6.54 Å². The number of halogens is 1. The highest BCUT2D eigenvalue weighted by molar-refractivity contribution is 6.31. The lowest BCUT2D eigenvalue weighted by Gasteiger charge is -2.11. The zero-order valence-corrected chi connectivity index (χ0v) is 16.1. The van der Waals surface area contributed by atoms with Crippen LogP contribution in [0.15, 0.2) is 90.4 Å². The van der Waals surface area contributed by atoms with E-state index in [0.717, 1.165) is 11.3 Å². The van der Waals surface area contributed by atoms with Crippen LogP contribution >= 0.6 is 11.6 Å². The summed E-state index contributed by atoms with van der Waals surface area (Å²) >= 11 is 6.19. The third-order valence-electron chi connectivity index (χ3n) is 4.45. The van der Waals surface area contributed by atoms with E-state index in [9.17, 15) is 9.59 Å². The maximum absolute atomic E-state index is 12.7. The number of rotatable bonds is 5. The van der Waals surface area contributed by atoms with Crippen LogP contribution in [0, 0.1) is 0 Å². The van der Waals surface area contributed by atoms with Gasteiger partial charge in [0.15, 0.2) is 0 Å². The Labute approximate surface area is 172 Å². The van der Waals surface area contributed by atoms with E-state index in [-0.39, 0.29) is 18.0 Å². The highest BCUT2D eigenvalue weighted by Crippen LogP contribution is 2.17. The van der Waals surface area contributed by atoms with Gasteiger partial charge in [-0.1, -0.05) is 35.9 Å². The Morgan fingerprint density at radius 2 is 1.93 bits per heavy atom. The van der Waals surface area contributed by atoms with Gasteiger partial charge in [-0.3, -0.25) is 9.59 Å². The van der Waals surface area contributed by atoms with Gasteiger partial charge in [-0.15, -0.1) is 0 Å². The zero-order chi connectivity index (χ0) is 20.2. The van der Waals surface area contributed by atoms with Gasteiger partial charge in [0, 0.05) is 41.1 Å². The summed E-state index contributed by atoms with van der Waals surface area (Å²) in [5.41, 5.74) is 2.50. The molecule has 0 aliphatic rings. The number of anilines is 1. The standard InChI is InChI=1S/C22H17ClN4O2/c23-20-7-2-1-4-16(20)13-27-14-17(8-9-21(27)28)22(29)25-18-5-3-6-19(12-18)26-11-10-24-15-26/h1-12,14-15H,13H2,(H,25,29). The Bertz CT molecular complexity index is 1220. The van der Waals surface area contributed by atoms with Crippen molar-refractivity contribution in [3.05, 3.63) is 112 Å².